The highest BCUT2D eigenvalue weighted by Gasteiger charge is 2.40. The molecule has 10 rings (SSSR count). The van der Waals surface area contributed by atoms with Crippen molar-refractivity contribution in [2.45, 2.75) is 75.9 Å². The zero-order valence-electron chi connectivity index (χ0n) is 41.9. The molecule has 1 unspecified atom stereocenters. The van der Waals surface area contributed by atoms with Gasteiger partial charge in [0.1, 0.15) is 35.3 Å². The number of hydrogen-bond acceptors (Lipinski definition) is 13. The van der Waals surface area contributed by atoms with E-state index in [9.17, 15) is 33.2 Å². The van der Waals surface area contributed by atoms with Crippen LogP contribution < -0.4 is 20.3 Å². The van der Waals surface area contributed by atoms with E-state index in [1.807, 2.05) is 37.3 Å². The number of piperidine rings is 3. The van der Waals surface area contributed by atoms with Crippen molar-refractivity contribution >= 4 is 35.0 Å². The first-order chi connectivity index (χ1) is 36.0. The molecule has 0 spiro atoms. The summed E-state index contributed by atoms with van der Waals surface area (Å²) >= 11 is 0. The largest absolute Gasteiger partial charge is 0.492 e. The quantitative estimate of drug-likeness (QED) is 0.0897. The SMILES string of the molecule is CCOc1cc(-c2ccc(N3CCC(COCCN4CCN(CCCN5CCC(c6ccc7c(c6)C(=O)N(C6CCC(=O)NC6=O)C7)CC5)CC4)(NC(=O)c4cc(F)ccc4F)CC3)nc2)c2c(C#N)cnn2c1. The molecule has 4 saturated heterocycles. The van der Waals surface area contributed by atoms with Crippen molar-refractivity contribution in [3.05, 3.63) is 113 Å². The van der Waals surface area contributed by atoms with Crippen LogP contribution in [-0.2, 0) is 20.9 Å². The van der Waals surface area contributed by atoms with Crippen LogP contribution in [0.15, 0.2) is 73.2 Å². The minimum Gasteiger partial charge on any atom is -0.492 e. The van der Waals surface area contributed by atoms with E-state index in [0.717, 1.165) is 119 Å². The summed E-state index contributed by atoms with van der Waals surface area (Å²) in [6.07, 6.45) is 9.78. The Hall–Kier alpha value is -6.85. The van der Waals surface area contributed by atoms with Crippen molar-refractivity contribution in [3.8, 4) is 22.9 Å². The van der Waals surface area contributed by atoms with Crippen LogP contribution in [0.5, 0.6) is 5.75 Å². The van der Waals surface area contributed by atoms with E-state index in [4.69, 9.17) is 14.5 Å². The van der Waals surface area contributed by atoms with Gasteiger partial charge in [-0.05, 0) is 131 Å². The second-order valence-electron chi connectivity index (χ2n) is 20.3. The van der Waals surface area contributed by atoms with Crippen LogP contribution in [0.2, 0.25) is 0 Å². The Balaban J connectivity index is 0.670. The third-order valence-corrected chi connectivity index (χ3v) is 15.6. The number of piperazine rings is 1. The van der Waals surface area contributed by atoms with Crippen LogP contribution >= 0.6 is 0 Å². The molecule has 5 aliphatic heterocycles. The summed E-state index contributed by atoms with van der Waals surface area (Å²) in [4.78, 5) is 67.2. The summed E-state index contributed by atoms with van der Waals surface area (Å²) in [5.41, 5.74) is 4.30. The molecule has 2 N–H and O–H groups in total. The molecule has 4 fully saturated rings. The average Bonchev–Trinajstić information content (AvgIpc) is 3.98. The first-order valence-electron chi connectivity index (χ1n) is 26.0. The zero-order chi connectivity index (χ0) is 51.3. The average molecular weight is 1010 g/mol. The molecule has 0 radical (unpaired) electrons. The minimum atomic E-state index is -0.827. The maximum Gasteiger partial charge on any atom is 0.255 e. The third-order valence-electron chi connectivity index (χ3n) is 15.6. The summed E-state index contributed by atoms with van der Waals surface area (Å²) < 4.78 is 42.8. The summed E-state index contributed by atoms with van der Waals surface area (Å²) in [6.45, 7) is 13.1. The molecule has 2 aromatic carbocycles. The van der Waals surface area contributed by atoms with Crippen LogP contribution in [0, 0.1) is 23.0 Å². The summed E-state index contributed by atoms with van der Waals surface area (Å²) in [5, 5.41) is 19.6. The lowest BCUT2D eigenvalue weighted by molar-refractivity contribution is -0.136. The van der Waals surface area contributed by atoms with Gasteiger partial charge in [-0.2, -0.15) is 10.4 Å². The van der Waals surface area contributed by atoms with Gasteiger partial charge in [0, 0.05) is 81.7 Å². The van der Waals surface area contributed by atoms with Gasteiger partial charge in [-0.25, -0.2) is 18.3 Å². The van der Waals surface area contributed by atoms with Gasteiger partial charge < -0.3 is 34.4 Å². The lowest BCUT2D eigenvalue weighted by Gasteiger charge is -2.43. The smallest absolute Gasteiger partial charge is 0.255 e. The lowest BCUT2D eigenvalue weighted by atomic mass is 9.87. The van der Waals surface area contributed by atoms with Crippen molar-refractivity contribution in [2.75, 3.05) is 96.7 Å². The fraction of sp³-hybridized carbons (Fsp3) is 0.473. The van der Waals surface area contributed by atoms with Gasteiger partial charge in [0.05, 0.1) is 54.4 Å². The summed E-state index contributed by atoms with van der Waals surface area (Å²) in [6, 6.07) is 16.5. The summed E-state index contributed by atoms with van der Waals surface area (Å²) in [5.74, 6) is -1.22. The Kier molecular flexibility index (Phi) is 15.3. The number of halogens is 2. The van der Waals surface area contributed by atoms with Crippen LogP contribution in [-0.4, -0.2) is 161 Å². The van der Waals surface area contributed by atoms with E-state index >= 15 is 0 Å². The van der Waals surface area contributed by atoms with E-state index in [0.29, 0.717) is 80.4 Å². The number of carbonyl (C=O) groups is 4. The fourth-order valence-electron chi connectivity index (χ4n) is 11.4. The van der Waals surface area contributed by atoms with E-state index in [-0.39, 0.29) is 36.3 Å². The number of anilines is 1. The number of fused-ring (bicyclic) bond motifs is 2. The first-order valence-corrected chi connectivity index (χ1v) is 26.0. The second-order valence-corrected chi connectivity index (χ2v) is 20.3. The maximum absolute atomic E-state index is 14.8. The van der Waals surface area contributed by atoms with Gasteiger partial charge in [0.15, 0.2) is 0 Å². The lowest BCUT2D eigenvalue weighted by Crippen LogP contribution is -2.58. The molecule has 5 aromatic rings. The molecular weight excluding hydrogens is 949 g/mol. The fourth-order valence-corrected chi connectivity index (χ4v) is 11.4. The number of nitrogens with zero attached hydrogens (tertiary/aromatic N) is 9. The molecule has 19 heteroatoms. The molecule has 4 amide bonds. The molecule has 5 aliphatic rings. The molecule has 8 heterocycles. The van der Waals surface area contributed by atoms with Crippen LogP contribution in [0.4, 0.5) is 14.6 Å². The Morgan fingerprint density at radius 2 is 1.64 bits per heavy atom. The van der Waals surface area contributed by atoms with E-state index in [1.165, 1.54) is 11.8 Å². The zero-order valence-corrected chi connectivity index (χ0v) is 41.9. The number of aromatic nitrogens is 3. The number of rotatable bonds is 17. The molecule has 3 aromatic heterocycles. The highest BCUT2D eigenvalue weighted by Crippen LogP contribution is 2.35. The molecule has 0 saturated carbocycles. The van der Waals surface area contributed by atoms with Gasteiger partial charge in [-0.15, -0.1) is 0 Å². The minimum absolute atomic E-state index is 0.124. The number of nitriles is 1. The number of ether oxygens (including phenoxy) is 2. The Bertz CT molecular complexity index is 2920. The van der Waals surface area contributed by atoms with Crippen molar-refractivity contribution in [1.82, 2.24) is 44.8 Å². The van der Waals surface area contributed by atoms with Gasteiger partial charge in [-0.3, -0.25) is 29.4 Å². The Morgan fingerprint density at radius 1 is 0.878 bits per heavy atom. The van der Waals surface area contributed by atoms with E-state index in [1.54, 1.807) is 21.8 Å². The number of pyridine rings is 2. The van der Waals surface area contributed by atoms with Gasteiger partial charge in [0.25, 0.3) is 11.8 Å². The van der Waals surface area contributed by atoms with Gasteiger partial charge in [0.2, 0.25) is 11.8 Å². The molecule has 1 atom stereocenters. The number of imide groups is 1. The monoisotopic (exact) mass is 1010 g/mol. The predicted molar refractivity (Wildman–Crippen MR) is 272 cm³/mol. The number of hydrogen-bond donors (Lipinski definition) is 2. The molecule has 388 valence electrons. The highest BCUT2D eigenvalue weighted by atomic mass is 19.1. The number of nitrogens with one attached hydrogen (secondary N) is 2. The standard InChI is InChI=1S/C55H63F2N11O6/c1-2-74-43-30-44(51-41(31-58)33-60-68(51)35-43)39-6-10-49(59-32-39)66-20-14-55(15-21-66,62-52(70)46-29-42(56)7-8-47(46)57)36-73-27-26-65-24-22-64(23-25-65)17-3-16-63-18-12-37(13-19-63)38-4-5-40-34-67(54(72)45(40)28-38)48-9-11-50(69)61-53(48)71/h4-8,10,28-30,32-33,35,37,48H,2-3,9,11-27,34,36H2,1H3,(H,62,70)(H,61,69,71). The normalized spacial score (nSPS) is 19.9. The van der Waals surface area contributed by atoms with Gasteiger partial charge in [-0.1, -0.05) is 12.1 Å². The number of carbonyl (C=O) groups excluding carboxylic acids is 4. The molecule has 0 bridgehead atoms. The Morgan fingerprint density at radius 3 is 2.35 bits per heavy atom. The first kappa shape index (κ1) is 50.7. The number of amides is 4. The number of benzene rings is 2. The van der Waals surface area contributed by atoms with Crippen LogP contribution in [0.3, 0.4) is 0 Å². The topological polar surface area (TPSA) is 181 Å². The summed E-state index contributed by atoms with van der Waals surface area (Å²) in [7, 11) is 0. The van der Waals surface area contributed by atoms with Crippen molar-refractivity contribution in [1.29, 1.82) is 5.26 Å². The van der Waals surface area contributed by atoms with Crippen molar-refractivity contribution < 1.29 is 37.4 Å². The van der Waals surface area contributed by atoms with Crippen molar-refractivity contribution in [2.24, 2.45) is 0 Å². The Labute approximate surface area is 429 Å². The third kappa shape index (κ3) is 11.1. The molecular formula is C55H63F2N11O6. The van der Waals surface area contributed by atoms with E-state index in [2.05, 4.69) is 47.5 Å². The maximum atomic E-state index is 14.8. The number of likely N-dealkylation sites (tertiary alicyclic amines) is 1. The second kappa shape index (κ2) is 22.3. The van der Waals surface area contributed by atoms with Crippen LogP contribution in [0.1, 0.15) is 95.2 Å². The molecule has 74 heavy (non-hydrogen) atoms. The predicted octanol–water partition coefficient (Wildman–Crippen LogP) is 5.38. The van der Waals surface area contributed by atoms with Crippen LogP contribution in [0.25, 0.3) is 16.6 Å². The molecule has 17 nitrogen and oxygen atoms in total. The highest BCUT2D eigenvalue weighted by molar-refractivity contribution is 6.05. The van der Waals surface area contributed by atoms with Gasteiger partial charge >= 0.3 is 0 Å². The van der Waals surface area contributed by atoms with E-state index < -0.39 is 29.1 Å². The van der Waals surface area contributed by atoms with Crippen molar-refractivity contribution in [3.63, 3.8) is 0 Å². The molecule has 0 aliphatic carbocycles.